The molecule has 0 saturated heterocycles. The molecule has 1 aromatic heterocycles. The predicted octanol–water partition coefficient (Wildman–Crippen LogP) is 2.33. The first-order valence-electron chi connectivity index (χ1n) is 4.49. The van der Waals surface area contributed by atoms with Crippen molar-refractivity contribution in [2.24, 2.45) is 0 Å². The Kier molecular flexibility index (Phi) is 2.46. The van der Waals surface area contributed by atoms with Crippen LogP contribution in [0.2, 0.25) is 0 Å². The predicted molar refractivity (Wildman–Crippen MR) is 57.6 cm³/mol. The van der Waals surface area contributed by atoms with Gasteiger partial charge in [-0.25, -0.2) is 4.79 Å². The Hall–Kier alpha value is -2.16. The number of esters is 1. The Balaban J connectivity index is 2.51. The summed E-state index contributed by atoms with van der Waals surface area (Å²) in [7, 11) is 0. The van der Waals surface area contributed by atoms with E-state index in [-0.39, 0.29) is 0 Å². The first-order chi connectivity index (χ1) is 7.31. The lowest BCUT2D eigenvalue weighted by molar-refractivity contribution is -0.128. The topological polar surface area (TPSA) is 39.2 Å². The van der Waals surface area contributed by atoms with E-state index >= 15 is 0 Å². The zero-order valence-electron chi connectivity index (χ0n) is 8.01. The first kappa shape index (κ1) is 9.40. The van der Waals surface area contributed by atoms with Crippen LogP contribution in [-0.2, 0) is 4.79 Å². The van der Waals surface area contributed by atoms with E-state index in [4.69, 9.17) is 4.74 Å². The average molecular weight is 199 g/mol. The third kappa shape index (κ3) is 1.86. The van der Waals surface area contributed by atoms with Crippen LogP contribution in [0, 0.1) is 0 Å². The number of fused-ring (bicyclic) bond motifs is 1. The second-order valence-electron chi connectivity index (χ2n) is 2.95. The van der Waals surface area contributed by atoms with E-state index in [0.29, 0.717) is 5.75 Å². The molecule has 0 unspecified atom stereocenters. The zero-order chi connectivity index (χ0) is 10.7. The van der Waals surface area contributed by atoms with Crippen LogP contribution in [0.3, 0.4) is 0 Å². The van der Waals surface area contributed by atoms with Crippen molar-refractivity contribution in [1.29, 1.82) is 0 Å². The molecule has 0 radical (unpaired) electrons. The lowest BCUT2D eigenvalue weighted by Gasteiger charge is -2.04. The van der Waals surface area contributed by atoms with Crippen molar-refractivity contribution in [3.63, 3.8) is 0 Å². The Morgan fingerprint density at radius 3 is 3.00 bits per heavy atom. The van der Waals surface area contributed by atoms with Crippen LogP contribution >= 0.6 is 0 Å². The zero-order valence-corrected chi connectivity index (χ0v) is 8.01. The van der Waals surface area contributed by atoms with Crippen LogP contribution < -0.4 is 4.74 Å². The van der Waals surface area contributed by atoms with Gasteiger partial charge < -0.3 is 4.74 Å². The van der Waals surface area contributed by atoms with Crippen molar-refractivity contribution < 1.29 is 9.53 Å². The van der Waals surface area contributed by atoms with Crippen LogP contribution in [0.1, 0.15) is 0 Å². The number of pyridine rings is 1. The van der Waals surface area contributed by atoms with Crippen molar-refractivity contribution in [3.05, 3.63) is 49.2 Å². The summed E-state index contributed by atoms with van der Waals surface area (Å²) in [5.41, 5.74) is 0.798. The standard InChI is InChI=1S/C12H9NO2/c1-2-12(14)15-11-7-3-6-10-9(11)5-4-8-13-10/h2-8H,1H2. The van der Waals surface area contributed by atoms with Crippen LogP contribution in [-0.4, -0.2) is 11.0 Å². The highest BCUT2D eigenvalue weighted by Crippen LogP contribution is 2.23. The molecule has 0 aliphatic heterocycles. The monoisotopic (exact) mass is 199 g/mol. The number of ether oxygens (including phenoxy) is 1. The summed E-state index contributed by atoms with van der Waals surface area (Å²) in [6.07, 6.45) is 2.83. The molecule has 0 N–H and O–H groups in total. The van der Waals surface area contributed by atoms with E-state index in [2.05, 4.69) is 11.6 Å². The fourth-order valence-electron chi connectivity index (χ4n) is 1.31. The number of nitrogens with zero attached hydrogens (tertiary/aromatic N) is 1. The van der Waals surface area contributed by atoms with Gasteiger partial charge in [-0.1, -0.05) is 12.6 Å². The van der Waals surface area contributed by atoms with Crippen LogP contribution in [0.15, 0.2) is 49.2 Å². The van der Waals surface area contributed by atoms with E-state index in [1.165, 1.54) is 0 Å². The fraction of sp³-hybridized carbons (Fsp3) is 0. The lowest BCUT2D eigenvalue weighted by Crippen LogP contribution is -2.03. The number of hydrogen-bond donors (Lipinski definition) is 0. The molecule has 0 bridgehead atoms. The van der Waals surface area contributed by atoms with Gasteiger partial charge in [0.1, 0.15) is 5.75 Å². The minimum atomic E-state index is -0.466. The molecule has 0 aliphatic rings. The highest BCUT2D eigenvalue weighted by Gasteiger charge is 2.04. The summed E-state index contributed by atoms with van der Waals surface area (Å²) in [5, 5.41) is 0.815. The van der Waals surface area contributed by atoms with Gasteiger partial charge in [0.15, 0.2) is 0 Å². The molecular weight excluding hydrogens is 190 g/mol. The molecule has 0 atom stereocenters. The number of hydrogen-bond acceptors (Lipinski definition) is 3. The Labute approximate surface area is 87.0 Å². The molecule has 1 heterocycles. The molecule has 3 nitrogen and oxygen atoms in total. The molecule has 0 fully saturated rings. The van der Waals surface area contributed by atoms with E-state index in [1.54, 1.807) is 24.4 Å². The van der Waals surface area contributed by atoms with Crippen molar-refractivity contribution in [2.45, 2.75) is 0 Å². The summed E-state index contributed by atoms with van der Waals surface area (Å²) < 4.78 is 5.08. The third-order valence-electron chi connectivity index (χ3n) is 1.98. The molecular formula is C12H9NO2. The van der Waals surface area contributed by atoms with Gasteiger partial charge in [-0.3, -0.25) is 4.98 Å². The van der Waals surface area contributed by atoms with Gasteiger partial charge in [0, 0.05) is 17.7 Å². The van der Waals surface area contributed by atoms with Crippen molar-refractivity contribution in [1.82, 2.24) is 4.98 Å². The molecule has 0 saturated carbocycles. The maximum absolute atomic E-state index is 11.1. The normalized spacial score (nSPS) is 9.87. The summed E-state index contributed by atoms with van der Waals surface area (Å²) in [6, 6.07) is 9.04. The summed E-state index contributed by atoms with van der Waals surface area (Å²) in [4.78, 5) is 15.2. The van der Waals surface area contributed by atoms with Crippen molar-refractivity contribution >= 4 is 16.9 Å². The quantitative estimate of drug-likeness (QED) is 0.423. The second-order valence-corrected chi connectivity index (χ2v) is 2.95. The molecule has 3 heteroatoms. The second kappa shape index (κ2) is 3.92. The SMILES string of the molecule is C=CC(=O)Oc1cccc2ncccc12. The van der Waals surface area contributed by atoms with Gasteiger partial charge in [-0.2, -0.15) is 0 Å². The molecule has 2 rings (SSSR count). The van der Waals surface area contributed by atoms with Crippen LogP contribution in [0.5, 0.6) is 5.75 Å². The Bertz CT molecular complexity index is 515. The van der Waals surface area contributed by atoms with Crippen LogP contribution in [0.25, 0.3) is 10.9 Å². The smallest absolute Gasteiger partial charge is 0.335 e. The average Bonchev–Trinajstić information content (AvgIpc) is 2.29. The molecule has 0 spiro atoms. The summed E-state index contributed by atoms with van der Waals surface area (Å²) >= 11 is 0. The minimum absolute atomic E-state index is 0.466. The third-order valence-corrected chi connectivity index (χ3v) is 1.98. The fourth-order valence-corrected chi connectivity index (χ4v) is 1.31. The number of aromatic nitrogens is 1. The Morgan fingerprint density at radius 2 is 2.20 bits per heavy atom. The van der Waals surface area contributed by atoms with E-state index < -0.39 is 5.97 Å². The van der Waals surface area contributed by atoms with Gasteiger partial charge in [0.2, 0.25) is 0 Å². The molecule has 0 amide bonds. The van der Waals surface area contributed by atoms with Gasteiger partial charge in [-0.05, 0) is 24.3 Å². The van der Waals surface area contributed by atoms with Crippen molar-refractivity contribution in [2.75, 3.05) is 0 Å². The minimum Gasteiger partial charge on any atom is -0.423 e. The molecule has 0 aliphatic carbocycles. The van der Waals surface area contributed by atoms with E-state index in [9.17, 15) is 4.79 Å². The maximum Gasteiger partial charge on any atom is 0.335 e. The molecule has 2 aromatic rings. The van der Waals surface area contributed by atoms with Gasteiger partial charge in [0.25, 0.3) is 0 Å². The van der Waals surface area contributed by atoms with E-state index in [0.717, 1.165) is 17.0 Å². The highest BCUT2D eigenvalue weighted by molar-refractivity contribution is 5.90. The van der Waals surface area contributed by atoms with Crippen LogP contribution in [0.4, 0.5) is 0 Å². The number of carbonyl (C=O) groups excluding carboxylic acids is 1. The largest absolute Gasteiger partial charge is 0.423 e. The summed E-state index contributed by atoms with van der Waals surface area (Å²) in [6.45, 7) is 3.35. The highest BCUT2D eigenvalue weighted by atomic mass is 16.5. The van der Waals surface area contributed by atoms with Gasteiger partial charge in [-0.15, -0.1) is 0 Å². The molecule has 1 aromatic carbocycles. The lowest BCUT2D eigenvalue weighted by atomic mass is 10.2. The number of carbonyl (C=O) groups is 1. The van der Waals surface area contributed by atoms with E-state index in [1.807, 2.05) is 12.1 Å². The summed E-state index contributed by atoms with van der Waals surface area (Å²) in [5.74, 6) is 0.0388. The molecule has 74 valence electrons. The maximum atomic E-state index is 11.1. The Morgan fingerprint density at radius 1 is 1.33 bits per heavy atom. The van der Waals surface area contributed by atoms with Gasteiger partial charge >= 0.3 is 5.97 Å². The van der Waals surface area contributed by atoms with Crippen molar-refractivity contribution in [3.8, 4) is 5.75 Å². The van der Waals surface area contributed by atoms with Gasteiger partial charge in [0.05, 0.1) is 5.52 Å². The first-order valence-corrected chi connectivity index (χ1v) is 4.49. The number of rotatable bonds is 2. The number of benzene rings is 1. The molecule has 15 heavy (non-hydrogen) atoms.